The molecule has 1 heterocycles. The summed E-state index contributed by atoms with van der Waals surface area (Å²) >= 11 is 3.35. The SMILES string of the molecule is CC(Cn1cccn1)Nc1cc(Br)ccc1C(=O)O. The van der Waals surface area contributed by atoms with E-state index in [0.717, 1.165) is 4.47 Å². The van der Waals surface area contributed by atoms with Crippen LogP contribution >= 0.6 is 15.9 Å². The number of carboxylic acids is 1. The number of carboxylic acid groups (broad SMARTS) is 1. The molecule has 0 aliphatic rings. The summed E-state index contributed by atoms with van der Waals surface area (Å²) in [4.78, 5) is 11.2. The van der Waals surface area contributed by atoms with E-state index in [4.69, 9.17) is 5.11 Å². The highest BCUT2D eigenvalue weighted by Gasteiger charge is 2.12. The molecule has 2 aromatic rings. The predicted octanol–water partition coefficient (Wildman–Crippen LogP) is 2.84. The largest absolute Gasteiger partial charge is 0.478 e. The maximum atomic E-state index is 11.2. The van der Waals surface area contributed by atoms with Crippen LogP contribution in [0.15, 0.2) is 41.1 Å². The van der Waals surface area contributed by atoms with Crippen molar-refractivity contribution >= 4 is 27.6 Å². The quantitative estimate of drug-likeness (QED) is 0.887. The van der Waals surface area contributed by atoms with Gasteiger partial charge in [0.25, 0.3) is 0 Å². The van der Waals surface area contributed by atoms with E-state index < -0.39 is 5.97 Å². The van der Waals surface area contributed by atoms with Gasteiger partial charge in [-0.3, -0.25) is 4.68 Å². The summed E-state index contributed by atoms with van der Waals surface area (Å²) in [5.74, 6) is -0.943. The van der Waals surface area contributed by atoms with Crippen LogP contribution in [0.3, 0.4) is 0 Å². The Hall–Kier alpha value is -1.82. The molecule has 0 aliphatic heterocycles. The maximum Gasteiger partial charge on any atom is 0.337 e. The van der Waals surface area contributed by atoms with Crippen LogP contribution in [0, 0.1) is 0 Å². The second-order valence-corrected chi connectivity index (χ2v) is 5.18. The van der Waals surface area contributed by atoms with E-state index in [-0.39, 0.29) is 11.6 Å². The molecule has 1 atom stereocenters. The highest BCUT2D eigenvalue weighted by molar-refractivity contribution is 9.10. The summed E-state index contributed by atoms with van der Waals surface area (Å²) in [5, 5.41) is 16.5. The van der Waals surface area contributed by atoms with Crippen molar-refractivity contribution in [3.63, 3.8) is 0 Å². The lowest BCUT2D eigenvalue weighted by Crippen LogP contribution is -2.23. The van der Waals surface area contributed by atoms with Crippen molar-refractivity contribution in [1.29, 1.82) is 0 Å². The van der Waals surface area contributed by atoms with Crippen molar-refractivity contribution in [2.45, 2.75) is 19.5 Å². The Morgan fingerprint density at radius 3 is 3.00 bits per heavy atom. The fraction of sp³-hybridized carbons (Fsp3) is 0.231. The third-order valence-corrected chi connectivity index (χ3v) is 3.13. The molecule has 1 aromatic carbocycles. The Kier molecular flexibility index (Phi) is 4.21. The van der Waals surface area contributed by atoms with Gasteiger partial charge in [0, 0.05) is 22.9 Å². The number of benzene rings is 1. The van der Waals surface area contributed by atoms with Crippen LogP contribution in [0.5, 0.6) is 0 Å². The molecule has 0 amide bonds. The monoisotopic (exact) mass is 323 g/mol. The third-order valence-electron chi connectivity index (χ3n) is 2.63. The molecule has 6 heteroatoms. The van der Waals surface area contributed by atoms with E-state index in [9.17, 15) is 4.79 Å². The second kappa shape index (κ2) is 5.88. The van der Waals surface area contributed by atoms with Gasteiger partial charge >= 0.3 is 5.97 Å². The standard InChI is InChI=1S/C13H14BrN3O2/c1-9(8-17-6-2-5-15-17)16-12-7-10(14)3-4-11(12)13(18)19/h2-7,9,16H,8H2,1H3,(H,18,19). The van der Waals surface area contributed by atoms with E-state index >= 15 is 0 Å². The first-order valence-electron chi connectivity index (χ1n) is 5.83. The molecule has 2 rings (SSSR count). The van der Waals surface area contributed by atoms with Crippen LogP contribution in [-0.2, 0) is 6.54 Å². The zero-order valence-corrected chi connectivity index (χ0v) is 12.0. The first-order chi connectivity index (χ1) is 9.06. The molecule has 5 nitrogen and oxygen atoms in total. The first-order valence-corrected chi connectivity index (χ1v) is 6.62. The minimum atomic E-state index is -0.943. The summed E-state index contributed by atoms with van der Waals surface area (Å²) in [6.07, 6.45) is 3.59. The molecule has 19 heavy (non-hydrogen) atoms. The molecular formula is C13H14BrN3O2. The molecule has 0 spiro atoms. The number of anilines is 1. The normalized spacial score (nSPS) is 12.1. The summed E-state index contributed by atoms with van der Waals surface area (Å²) in [6, 6.07) is 6.98. The number of hydrogen-bond acceptors (Lipinski definition) is 3. The lowest BCUT2D eigenvalue weighted by atomic mass is 10.1. The van der Waals surface area contributed by atoms with Gasteiger partial charge in [0.05, 0.1) is 17.8 Å². The number of carbonyl (C=O) groups is 1. The summed E-state index contributed by atoms with van der Waals surface area (Å²) in [6.45, 7) is 2.65. The van der Waals surface area contributed by atoms with Gasteiger partial charge in [0.2, 0.25) is 0 Å². The average molecular weight is 324 g/mol. The van der Waals surface area contributed by atoms with Crippen molar-refractivity contribution in [1.82, 2.24) is 9.78 Å². The van der Waals surface area contributed by atoms with E-state index in [1.165, 1.54) is 0 Å². The molecule has 1 aromatic heterocycles. The molecule has 0 saturated carbocycles. The zero-order valence-electron chi connectivity index (χ0n) is 10.4. The topological polar surface area (TPSA) is 67.2 Å². The van der Waals surface area contributed by atoms with Crippen molar-refractivity contribution in [2.24, 2.45) is 0 Å². The average Bonchev–Trinajstić information content (AvgIpc) is 2.81. The minimum Gasteiger partial charge on any atom is -0.478 e. The fourth-order valence-electron chi connectivity index (χ4n) is 1.82. The molecule has 0 aliphatic carbocycles. The first kappa shape index (κ1) is 13.6. The molecule has 0 fully saturated rings. The van der Waals surface area contributed by atoms with Gasteiger partial charge in [-0.25, -0.2) is 4.79 Å². The Morgan fingerprint density at radius 2 is 2.37 bits per heavy atom. The van der Waals surface area contributed by atoms with Crippen LogP contribution in [0.4, 0.5) is 5.69 Å². The van der Waals surface area contributed by atoms with E-state index in [1.807, 2.05) is 19.2 Å². The van der Waals surface area contributed by atoms with Gasteiger partial charge in [-0.2, -0.15) is 5.10 Å². The third kappa shape index (κ3) is 3.57. The van der Waals surface area contributed by atoms with Gasteiger partial charge in [-0.15, -0.1) is 0 Å². The molecule has 100 valence electrons. The number of nitrogens with one attached hydrogen (secondary N) is 1. The number of aromatic carboxylic acids is 1. The predicted molar refractivity (Wildman–Crippen MR) is 76.4 cm³/mol. The van der Waals surface area contributed by atoms with Gasteiger partial charge in [-0.05, 0) is 31.2 Å². The van der Waals surface area contributed by atoms with Crippen LogP contribution in [0.2, 0.25) is 0 Å². The van der Waals surface area contributed by atoms with Crippen LogP contribution in [-0.4, -0.2) is 26.9 Å². The lowest BCUT2D eigenvalue weighted by molar-refractivity contribution is 0.0698. The van der Waals surface area contributed by atoms with Crippen LogP contribution < -0.4 is 5.32 Å². The van der Waals surface area contributed by atoms with Gasteiger partial charge in [-0.1, -0.05) is 15.9 Å². The highest BCUT2D eigenvalue weighted by atomic mass is 79.9. The Labute approximate surface area is 119 Å². The fourth-order valence-corrected chi connectivity index (χ4v) is 2.18. The summed E-state index contributed by atoms with van der Waals surface area (Å²) in [7, 11) is 0. The minimum absolute atomic E-state index is 0.0623. The molecule has 2 N–H and O–H groups in total. The van der Waals surface area contributed by atoms with Crippen molar-refractivity contribution in [3.05, 3.63) is 46.7 Å². The lowest BCUT2D eigenvalue weighted by Gasteiger charge is -2.17. The molecular weight excluding hydrogens is 310 g/mol. The number of halogens is 1. The Morgan fingerprint density at radius 1 is 1.58 bits per heavy atom. The van der Waals surface area contributed by atoms with Crippen LogP contribution in [0.1, 0.15) is 17.3 Å². The molecule has 0 bridgehead atoms. The van der Waals surface area contributed by atoms with Gasteiger partial charge < -0.3 is 10.4 Å². The summed E-state index contributed by atoms with van der Waals surface area (Å²) < 4.78 is 2.64. The number of hydrogen-bond donors (Lipinski definition) is 2. The second-order valence-electron chi connectivity index (χ2n) is 4.27. The van der Waals surface area contributed by atoms with E-state index in [0.29, 0.717) is 12.2 Å². The number of rotatable bonds is 5. The van der Waals surface area contributed by atoms with Gasteiger partial charge in [0.1, 0.15) is 0 Å². The van der Waals surface area contributed by atoms with E-state index in [1.54, 1.807) is 29.1 Å². The number of aromatic nitrogens is 2. The maximum absolute atomic E-state index is 11.2. The molecule has 0 radical (unpaired) electrons. The van der Waals surface area contributed by atoms with Gasteiger partial charge in [0.15, 0.2) is 0 Å². The van der Waals surface area contributed by atoms with Crippen molar-refractivity contribution in [2.75, 3.05) is 5.32 Å². The molecule has 1 unspecified atom stereocenters. The van der Waals surface area contributed by atoms with Crippen molar-refractivity contribution in [3.8, 4) is 0 Å². The number of nitrogens with zero attached hydrogens (tertiary/aromatic N) is 2. The van der Waals surface area contributed by atoms with Crippen LogP contribution in [0.25, 0.3) is 0 Å². The zero-order chi connectivity index (χ0) is 13.8. The summed E-state index contributed by atoms with van der Waals surface area (Å²) in [5.41, 5.74) is 0.858. The smallest absolute Gasteiger partial charge is 0.337 e. The molecule has 0 saturated heterocycles. The van der Waals surface area contributed by atoms with Crippen molar-refractivity contribution < 1.29 is 9.90 Å². The Balaban J connectivity index is 2.13. The Bertz CT molecular complexity index is 569. The van der Waals surface area contributed by atoms with E-state index in [2.05, 4.69) is 26.3 Å². The highest BCUT2D eigenvalue weighted by Crippen LogP contribution is 2.22.